The normalized spacial score (nSPS) is 11.0. The van der Waals surface area contributed by atoms with Gasteiger partial charge < -0.3 is 20.9 Å². The number of carboxylic acid groups (broad SMARTS) is 1. The van der Waals surface area contributed by atoms with Gasteiger partial charge in [-0.1, -0.05) is 0 Å². The van der Waals surface area contributed by atoms with E-state index in [0.29, 0.717) is 29.0 Å². The monoisotopic (exact) mass is 455 g/mol. The first-order valence-corrected chi connectivity index (χ1v) is 9.97. The molecule has 0 bridgehead atoms. The van der Waals surface area contributed by atoms with Gasteiger partial charge in [-0.3, -0.25) is 14.4 Å². The van der Waals surface area contributed by atoms with Crippen LogP contribution < -0.4 is 15.8 Å². The molecule has 2 rings (SSSR count). The van der Waals surface area contributed by atoms with E-state index in [4.69, 9.17) is 15.6 Å². The summed E-state index contributed by atoms with van der Waals surface area (Å²) in [5.74, 6) is -2.31. The van der Waals surface area contributed by atoms with E-state index in [1.165, 1.54) is 0 Å². The van der Waals surface area contributed by atoms with Crippen molar-refractivity contribution in [2.45, 2.75) is 25.3 Å². The fourth-order valence-electron chi connectivity index (χ4n) is 2.70. The van der Waals surface area contributed by atoms with E-state index in [1.807, 2.05) is 0 Å². The molecular weight excluding hydrogens is 434 g/mol. The number of rotatable bonds is 12. The lowest BCUT2D eigenvalue weighted by Gasteiger charge is -2.13. The topological polar surface area (TPSA) is 148 Å². The molecule has 0 aliphatic heterocycles. The van der Waals surface area contributed by atoms with E-state index in [9.17, 15) is 19.2 Å². The molecule has 0 aromatic heterocycles. The molecule has 0 saturated carbocycles. The summed E-state index contributed by atoms with van der Waals surface area (Å²) in [6.45, 7) is 0.204. The molecule has 9 nitrogen and oxygen atoms in total. The molecule has 0 aliphatic carbocycles. The zero-order valence-corrected chi connectivity index (χ0v) is 17.8. The van der Waals surface area contributed by atoms with Crippen molar-refractivity contribution in [2.24, 2.45) is 10.7 Å². The number of amides is 2. The number of carbonyl (C=O) groups is 4. The van der Waals surface area contributed by atoms with Crippen molar-refractivity contribution in [2.75, 3.05) is 6.61 Å². The average molecular weight is 455 g/mol. The number of hydrogen-bond donors (Lipinski definition) is 3. The highest BCUT2D eigenvalue weighted by Crippen LogP contribution is 2.18. The van der Waals surface area contributed by atoms with Crippen LogP contribution >= 0.6 is 12.2 Å². The van der Waals surface area contributed by atoms with E-state index in [2.05, 4.69) is 27.7 Å². The van der Waals surface area contributed by atoms with Crippen LogP contribution in [0.25, 0.3) is 0 Å². The van der Waals surface area contributed by atoms with Crippen LogP contribution in [0, 0.1) is 0 Å². The lowest BCUT2D eigenvalue weighted by molar-refractivity contribution is -0.143. The van der Waals surface area contributed by atoms with Gasteiger partial charge in [0.2, 0.25) is 11.8 Å². The van der Waals surface area contributed by atoms with Crippen molar-refractivity contribution in [1.82, 2.24) is 5.32 Å². The number of aliphatic carboxylic acids is 1. The fourth-order valence-corrected chi connectivity index (χ4v) is 2.81. The lowest BCUT2D eigenvalue weighted by atomic mass is 10.0. The van der Waals surface area contributed by atoms with Gasteiger partial charge in [-0.25, -0.2) is 4.79 Å². The van der Waals surface area contributed by atoms with E-state index in [1.54, 1.807) is 48.5 Å². The summed E-state index contributed by atoms with van der Waals surface area (Å²) in [5, 5.41) is 13.5. The summed E-state index contributed by atoms with van der Waals surface area (Å²) in [4.78, 5) is 50.1. The Morgan fingerprint density at radius 1 is 1.06 bits per heavy atom. The third-order valence-electron chi connectivity index (χ3n) is 4.28. The van der Waals surface area contributed by atoms with Crippen LogP contribution in [0.15, 0.2) is 53.5 Å². The summed E-state index contributed by atoms with van der Waals surface area (Å²) in [6.07, 6.45) is -0.137. The Bertz CT molecular complexity index is 1030. The summed E-state index contributed by atoms with van der Waals surface area (Å²) in [7, 11) is 0. The molecule has 0 heterocycles. The molecule has 0 saturated heterocycles. The number of carbonyl (C=O) groups excluding carboxylic acids is 3. The summed E-state index contributed by atoms with van der Waals surface area (Å²) in [6, 6.07) is 11.9. The van der Waals surface area contributed by atoms with E-state index in [-0.39, 0.29) is 18.8 Å². The van der Waals surface area contributed by atoms with Crippen molar-refractivity contribution in [1.29, 1.82) is 0 Å². The number of aliphatic imine (C=N–C) groups is 1. The second-order valence-electron chi connectivity index (χ2n) is 6.68. The molecule has 1 unspecified atom stereocenters. The van der Waals surface area contributed by atoms with E-state index < -0.39 is 30.2 Å². The quantitative estimate of drug-likeness (QED) is 0.192. The number of nitrogens with two attached hydrogens (primary N) is 1. The Kier molecular flexibility index (Phi) is 9.22. The first-order valence-electron chi connectivity index (χ1n) is 9.56. The first-order chi connectivity index (χ1) is 15.3. The smallest absolute Gasteiger partial charge is 0.326 e. The minimum atomic E-state index is -1.35. The van der Waals surface area contributed by atoms with Crippen molar-refractivity contribution in [3.63, 3.8) is 0 Å². The molecule has 10 heteroatoms. The highest BCUT2D eigenvalue weighted by molar-refractivity contribution is 7.78. The SMILES string of the molecule is NC(=O)CC(NC(=O)CCCOc1ccc(C(=O)c2ccc(N=C=S)cc2)cc1)C(=O)O. The highest BCUT2D eigenvalue weighted by Gasteiger charge is 2.21. The number of ketones is 1. The number of isothiocyanates is 1. The van der Waals surface area contributed by atoms with Crippen LogP contribution in [-0.4, -0.2) is 46.5 Å². The molecule has 2 amide bonds. The second-order valence-corrected chi connectivity index (χ2v) is 6.87. The van der Waals surface area contributed by atoms with Gasteiger partial charge in [0.15, 0.2) is 5.78 Å². The molecule has 166 valence electrons. The number of nitrogens with one attached hydrogen (secondary N) is 1. The number of primary amides is 1. The number of benzene rings is 2. The Balaban J connectivity index is 1.81. The third kappa shape index (κ3) is 7.75. The van der Waals surface area contributed by atoms with Gasteiger partial charge in [0.25, 0.3) is 0 Å². The molecular formula is C22H21N3O6S. The maximum atomic E-state index is 12.5. The Hall–Kier alpha value is -3.88. The van der Waals surface area contributed by atoms with Gasteiger partial charge in [0.05, 0.1) is 23.9 Å². The number of thiocarbonyl (C=S) groups is 1. The minimum absolute atomic E-state index is 0.0163. The standard InChI is InChI=1S/C22H21N3O6S/c23-19(26)12-18(22(29)30)25-20(27)2-1-11-31-17-9-5-15(6-10-17)21(28)14-3-7-16(8-4-14)24-13-32/h3-10,18H,1-2,11-12H2,(H2,23,26)(H,25,27)(H,29,30). The van der Waals surface area contributed by atoms with E-state index in [0.717, 1.165) is 0 Å². The van der Waals surface area contributed by atoms with Gasteiger partial charge >= 0.3 is 5.97 Å². The molecule has 1 atom stereocenters. The van der Waals surface area contributed by atoms with Crippen molar-refractivity contribution in [3.8, 4) is 5.75 Å². The molecule has 0 spiro atoms. The maximum Gasteiger partial charge on any atom is 0.326 e. The Morgan fingerprint density at radius 2 is 1.66 bits per heavy atom. The largest absolute Gasteiger partial charge is 0.494 e. The van der Waals surface area contributed by atoms with Crippen LogP contribution in [0.5, 0.6) is 5.75 Å². The molecule has 2 aromatic rings. The van der Waals surface area contributed by atoms with Crippen LogP contribution in [0.4, 0.5) is 5.69 Å². The molecule has 0 fully saturated rings. The Labute approximate surface area is 189 Å². The van der Waals surface area contributed by atoms with E-state index >= 15 is 0 Å². The molecule has 4 N–H and O–H groups in total. The zero-order chi connectivity index (χ0) is 23.5. The van der Waals surface area contributed by atoms with Crippen LogP contribution in [0.1, 0.15) is 35.2 Å². The predicted octanol–water partition coefficient (Wildman–Crippen LogP) is 2.26. The molecule has 0 radical (unpaired) electrons. The van der Waals surface area contributed by atoms with Gasteiger partial charge in [-0.15, -0.1) is 0 Å². The van der Waals surface area contributed by atoms with Gasteiger partial charge in [0, 0.05) is 17.5 Å². The average Bonchev–Trinajstić information content (AvgIpc) is 2.76. The number of ether oxygens (including phenoxy) is 1. The summed E-state index contributed by atoms with van der Waals surface area (Å²) < 4.78 is 5.55. The van der Waals surface area contributed by atoms with Crippen molar-refractivity contribution < 1.29 is 29.0 Å². The predicted molar refractivity (Wildman–Crippen MR) is 119 cm³/mol. The molecule has 32 heavy (non-hydrogen) atoms. The summed E-state index contributed by atoms with van der Waals surface area (Å²) >= 11 is 4.55. The zero-order valence-electron chi connectivity index (χ0n) is 16.9. The summed E-state index contributed by atoms with van der Waals surface area (Å²) in [5.41, 5.74) is 6.57. The maximum absolute atomic E-state index is 12.5. The van der Waals surface area contributed by atoms with Crippen LogP contribution in [0.3, 0.4) is 0 Å². The third-order valence-corrected chi connectivity index (χ3v) is 4.37. The van der Waals surface area contributed by atoms with Crippen LogP contribution in [0.2, 0.25) is 0 Å². The van der Waals surface area contributed by atoms with Gasteiger partial charge in [-0.05, 0) is 67.2 Å². The van der Waals surface area contributed by atoms with Crippen LogP contribution in [-0.2, 0) is 14.4 Å². The van der Waals surface area contributed by atoms with Crippen molar-refractivity contribution >= 4 is 46.6 Å². The fraction of sp³-hybridized carbons (Fsp3) is 0.227. The van der Waals surface area contributed by atoms with Crippen molar-refractivity contribution in [3.05, 3.63) is 59.7 Å². The number of nitrogens with zero attached hydrogens (tertiary/aromatic N) is 1. The molecule has 0 aliphatic rings. The molecule has 2 aromatic carbocycles. The first kappa shape index (κ1) is 24.4. The number of carboxylic acids is 1. The number of hydrogen-bond acceptors (Lipinski definition) is 7. The second kappa shape index (κ2) is 12.1. The lowest BCUT2D eigenvalue weighted by Crippen LogP contribution is -2.43. The highest BCUT2D eigenvalue weighted by atomic mass is 32.1. The Morgan fingerprint density at radius 3 is 2.19 bits per heavy atom. The van der Waals surface area contributed by atoms with Gasteiger partial charge in [-0.2, -0.15) is 4.99 Å². The minimum Gasteiger partial charge on any atom is -0.494 e. The van der Waals surface area contributed by atoms with Gasteiger partial charge in [0.1, 0.15) is 11.8 Å².